The molecule has 1 aromatic heterocycles. The second-order valence-corrected chi connectivity index (χ2v) is 7.23. The summed E-state index contributed by atoms with van der Waals surface area (Å²) < 4.78 is 2.08. The summed E-state index contributed by atoms with van der Waals surface area (Å²) in [5, 5.41) is 7.36. The lowest BCUT2D eigenvalue weighted by molar-refractivity contribution is -0.139. The van der Waals surface area contributed by atoms with Gasteiger partial charge in [-0.3, -0.25) is 9.59 Å². The summed E-state index contributed by atoms with van der Waals surface area (Å²) in [7, 11) is 0. The Morgan fingerprint density at radius 3 is 2.48 bits per heavy atom. The van der Waals surface area contributed by atoms with E-state index in [0.29, 0.717) is 5.02 Å². The molecule has 1 aliphatic rings. The van der Waals surface area contributed by atoms with E-state index in [1.54, 1.807) is 6.21 Å². The fourth-order valence-corrected chi connectivity index (χ4v) is 3.56. The van der Waals surface area contributed by atoms with E-state index in [2.05, 4.69) is 20.4 Å². The van der Waals surface area contributed by atoms with E-state index in [0.717, 1.165) is 48.3 Å². The topological polar surface area (TPSA) is 75.5 Å². The highest BCUT2D eigenvalue weighted by Gasteiger charge is 2.21. The number of carbonyl (C=O) groups is 2. The van der Waals surface area contributed by atoms with Crippen LogP contribution < -0.4 is 10.7 Å². The average Bonchev–Trinajstić information content (AvgIpc) is 3.24. The Hall–Kier alpha value is -2.60. The van der Waals surface area contributed by atoms with Gasteiger partial charge in [-0.25, -0.2) is 5.43 Å². The van der Waals surface area contributed by atoms with Crippen LogP contribution in [0.3, 0.4) is 0 Å². The van der Waals surface area contributed by atoms with Crippen molar-refractivity contribution in [3.05, 3.63) is 52.3 Å². The number of nitrogens with zero attached hydrogens (tertiary/aromatic N) is 2. The minimum atomic E-state index is -0.746. The van der Waals surface area contributed by atoms with Crippen molar-refractivity contribution < 1.29 is 9.59 Å². The van der Waals surface area contributed by atoms with Crippen molar-refractivity contribution in [3.8, 4) is 5.69 Å². The molecule has 2 aromatic rings. The van der Waals surface area contributed by atoms with Gasteiger partial charge in [0, 0.05) is 33.7 Å². The van der Waals surface area contributed by atoms with Crippen LogP contribution in [0.4, 0.5) is 0 Å². The van der Waals surface area contributed by atoms with Gasteiger partial charge in [0.25, 0.3) is 0 Å². The van der Waals surface area contributed by atoms with E-state index in [-0.39, 0.29) is 6.04 Å². The third kappa shape index (κ3) is 4.57. The monoisotopic (exact) mass is 386 g/mol. The highest BCUT2D eigenvalue weighted by Crippen LogP contribution is 2.21. The Labute approximate surface area is 163 Å². The predicted octanol–water partition coefficient (Wildman–Crippen LogP) is 3.26. The predicted molar refractivity (Wildman–Crippen MR) is 106 cm³/mol. The smallest absolute Gasteiger partial charge is 0.329 e. The van der Waals surface area contributed by atoms with Crippen LogP contribution in [0.25, 0.3) is 5.69 Å². The molecule has 1 aromatic carbocycles. The molecular formula is C20H23ClN4O2. The van der Waals surface area contributed by atoms with Gasteiger partial charge in [-0.1, -0.05) is 24.4 Å². The van der Waals surface area contributed by atoms with Gasteiger partial charge in [0.1, 0.15) is 0 Å². The van der Waals surface area contributed by atoms with Crippen LogP contribution in [-0.2, 0) is 9.59 Å². The Morgan fingerprint density at radius 2 is 1.81 bits per heavy atom. The summed E-state index contributed by atoms with van der Waals surface area (Å²) in [6.07, 6.45) is 5.59. The van der Waals surface area contributed by atoms with E-state index in [1.165, 1.54) is 0 Å². The first-order valence-electron chi connectivity index (χ1n) is 9.04. The van der Waals surface area contributed by atoms with Gasteiger partial charge in [0.15, 0.2) is 0 Å². The second kappa shape index (κ2) is 8.39. The number of aryl methyl sites for hydroxylation is 1. The SMILES string of the molecule is Cc1cc(/C=N/NC(=O)C(=O)NC2CCCC2)c(C)n1-c1ccc(Cl)cc1. The Bertz CT molecular complexity index is 865. The molecule has 0 spiro atoms. The third-order valence-electron chi connectivity index (χ3n) is 4.82. The quantitative estimate of drug-likeness (QED) is 0.480. The van der Waals surface area contributed by atoms with Crippen molar-refractivity contribution in [1.82, 2.24) is 15.3 Å². The second-order valence-electron chi connectivity index (χ2n) is 6.79. The van der Waals surface area contributed by atoms with Crippen LogP contribution in [0, 0.1) is 13.8 Å². The average molecular weight is 387 g/mol. The zero-order valence-corrected chi connectivity index (χ0v) is 16.2. The molecule has 3 rings (SSSR count). The summed E-state index contributed by atoms with van der Waals surface area (Å²) in [5.41, 5.74) is 6.16. The lowest BCUT2D eigenvalue weighted by Crippen LogP contribution is -2.42. The molecule has 2 amide bonds. The van der Waals surface area contributed by atoms with Gasteiger partial charge in [-0.15, -0.1) is 0 Å². The molecule has 0 aliphatic heterocycles. The van der Waals surface area contributed by atoms with E-state index in [1.807, 2.05) is 44.2 Å². The van der Waals surface area contributed by atoms with Crippen molar-refractivity contribution >= 4 is 29.6 Å². The van der Waals surface area contributed by atoms with E-state index < -0.39 is 11.8 Å². The fourth-order valence-electron chi connectivity index (χ4n) is 3.44. The number of hydrogen-bond acceptors (Lipinski definition) is 3. The van der Waals surface area contributed by atoms with Crippen molar-refractivity contribution in [2.45, 2.75) is 45.6 Å². The number of rotatable bonds is 4. The number of benzene rings is 1. The van der Waals surface area contributed by atoms with Crippen LogP contribution in [0.1, 0.15) is 42.6 Å². The summed E-state index contributed by atoms with van der Waals surface area (Å²) in [5.74, 6) is -1.38. The first-order valence-corrected chi connectivity index (χ1v) is 9.42. The number of carbonyl (C=O) groups excluding carboxylic acids is 2. The maximum atomic E-state index is 11.9. The number of halogens is 1. The molecule has 27 heavy (non-hydrogen) atoms. The van der Waals surface area contributed by atoms with Crippen LogP contribution in [0.15, 0.2) is 35.4 Å². The number of hydrazone groups is 1. The van der Waals surface area contributed by atoms with Gasteiger partial charge < -0.3 is 9.88 Å². The summed E-state index contributed by atoms with van der Waals surface area (Å²) in [6, 6.07) is 9.64. The number of amides is 2. The van der Waals surface area contributed by atoms with E-state index in [4.69, 9.17) is 11.6 Å². The number of hydrogen-bond donors (Lipinski definition) is 2. The van der Waals surface area contributed by atoms with Gasteiger partial charge >= 0.3 is 11.8 Å². The van der Waals surface area contributed by atoms with Gasteiger partial charge in [-0.2, -0.15) is 5.10 Å². The molecule has 0 atom stereocenters. The molecule has 0 saturated heterocycles. The molecule has 142 valence electrons. The zero-order chi connectivity index (χ0) is 19.4. The fraction of sp³-hybridized carbons (Fsp3) is 0.350. The van der Waals surface area contributed by atoms with E-state index >= 15 is 0 Å². The van der Waals surface area contributed by atoms with Crippen molar-refractivity contribution in [2.24, 2.45) is 5.10 Å². The van der Waals surface area contributed by atoms with Gasteiger partial charge in [-0.05, 0) is 57.0 Å². The molecule has 1 heterocycles. The molecule has 1 saturated carbocycles. The van der Waals surface area contributed by atoms with Gasteiger partial charge in [0.05, 0.1) is 6.21 Å². The minimum Gasteiger partial charge on any atom is -0.345 e. The molecule has 2 N–H and O–H groups in total. The molecule has 7 heteroatoms. The first kappa shape index (κ1) is 19.2. The molecule has 0 radical (unpaired) electrons. The maximum absolute atomic E-state index is 11.9. The first-order chi connectivity index (χ1) is 13.0. The Balaban J connectivity index is 1.65. The Kier molecular flexibility index (Phi) is 5.96. The van der Waals surface area contributed by atoms with Crippen LogP contribution in [0.2, 0.25) is 5.02 Å². The lowest BCUT2D eigenvalue weighted by atomic mass is 10.2. The molecule has 1 fully saturated rings. The Morgan fingerprint density at radius 1 is 1.15 bits per heavy atom. The van der Waals surface area contributed by atoms with Crippen LogP contribution in [-0.4, -0.2) is 28.6 Å². The largest absolute Gasteiger partial charge is 0.345 e. The number of aromatic nitrogens is 1. The summed E-state index contributed by atoms with van der Waals surface area (Å²) in [6.45, 7) is 3.96. The molecule has 1 aliphatic carbocycles. The van der Waals surface area contributed by atoms with E-state index in [9.17, 15) is 9.59 Å². The van der Waals surface area contributed by atoms with Crippen molar-refractivity contribution in [1.29, 1.82) is 0 Å². The lowest BCUT2D eigenvalue weighted by Gasteiger charge is -2.10. The van der Waals surface area contributed by atoms with Crippen LogP contribution >= 0.6 is 11.6 Å². The summed E-state index contributed by atoms with van der Waals surface area (Å²) >= 11 is 5.96. The minimum absolute atomic E-state index is 0.102. The molecular weight excluding hydrogens is 364 g/mol. The van der Waals surface area contributed by atoms with Gasteiger partial charge in [0.2, 0.25) is 0 Å². The molecule has 0 unspecified atom stereocenters. The number of nitrogens with one attached hydrogen (secondary N) is 2. The molecule has 0 bridgehead atoms. The highest BCUT2D eigenvalue weighted by molar-refractivity contribution is 6.35. The third-order valence-corrected chi connectivity index (χ3v) is 5.07. The zero-order valence-electron chi connectivity index (χ0n) is 15.5. The van der Waals surface area contributed by atoms with Crippen molar-refractivity contribution in [3.63, 3.8) is 0 Å². The normalized spacial score (nSPS) is 14.6. The highest BCUT2D eigenvalue weighted by atomic mass is 35.5. The molecule has 6 nitrogen and oxygen atoms in total. The maximum Gasteiger partial charge on any atom is 0.329 e. The standard InChI is InChI=1S/C20H23ClN4O2/c1-13-11-15(14(2)25(13)18-9-7-16(21)8-10-18)12-22-24-20(27)19(26)23-17-5-3-4-6-17/h7-12,17H,3-6H2,1-2H3,(H,23,26)(H,24,27)/b22-12+. The van der Waals surface area contributed by atoms with Crippen LogP contribution in [0.5, 0.6) is 0 Å². The summed E-state index contributed by atoms with van der Waals surface area (Å²) in [4.78, 5) is 23.7. The van der Waals surface area contributed by atoms with Crippen molar-refractivity contribution in [2.75, 3.05) is 0 Å².